The van der Waals surface area contributed by atoms with Crippen LogP contribution in [0.2, 0.25) is 0 Å². The molecule has 1 N–H and O–H groups in total. The highest BCUT2D eigenvalue weighted by Crippen LogP contribution is 2.28. The Morgan fingerprint density at radius 1 is 1.10 bits per heavy atom. The first kappa shape index (κ1) is 21.7. The Balaban J connectivity index is 1.93. The van der Waals surface area contributed by atoms with Gasteiger partial charge in [-0.2, -0.15) is 13.2 Å². The summed E-state index contributed by atoms with van der Waals surface area (Å²) >= 11 is 0. The van der Waals surface area contributed by atoms with Crippen LogP contribution in [-0.4, -0.2) is 36.1 Å². The molecule has 2 rings (SSSR count). The maximum Gasteiger partial charge on any atom is 0.417 e. The predicted molar refractivity (Wildman–Crippen MR) is 92.1 cm³/mol. The smallest absolute Gasteiger partial charge is 0.417 e. The molecule has 0 saturated heterocycles. The molecular weight excluding hydrogens is 397 g/mol. The topological polar surface area (TPSA) is 104 Å². The van der Waals surface area contributed by atoms with Crippen molar-refractivity contribution < 1.29 is 37.0 Å². The van der Waals surface area contributed by atoms with E-state index in [1.165, 1.54) is 19.2 Å². The molecule has 0 aliphatic heterocycles. The zero-order valence-electron chi connectivity index (χ0n) is 15.0. The third kappa shape index (κ3) is 5.92. The van der Waals surface area contributed by atoms with E-state index in [4.69, 9.17) is 4.74 Å². The number of hydrogen-bond acceptors (Lipinski definition) is 6. The van der Waals surface area contributed by atoms with Crippen LogP contribution in [0, 0.1) is 0 Å². The van der Waals surface area contributed by atoms with Gasteiger partial charge in [0.25, 0.3) is 17.4 Å². The minimum absolute atomic E-state index is 0.0743. The Kier molecular flexibility index (Phi) is 6.75. The van der Waals surface area contributed by atoms with Crippen LogP contribution < -0.4 is 15.6 Å². The van der Waals surface area contributed by atoms with Gasteiger partial charge in [-0.3, -0.25) is 24.5 Å². The fraction of sp³-hybridized carbons (Fsp3) is 0.222. The lowest BCUT2D eigenvalue weighted by atomic mass is 10.2. The monoisotopic (exact) mass is 412 g/mol. The molecule has 154 valence electrons. The van der Waals surface area contributed by atoms with E-state index in [1.807, 2.05) is 5.32 Å². The van der Waals surface area contributed by atoms with Crippen molar-refractivity contribution in [3.05, 3.63) is 64.1 Å². The van der Waals surface area contributed by atoms with E-state index in [1.54, 1.807) is 12.1 Å². The van der Waals surface area contributed by atoms with Crippen molar-refractivity contribution in [2.75, 3.05) is 13.7 Å². The number of rotatable bonds is 6. The van der Waals surface area contributed by atoms with Crippen molar-refractivity contribution in [2.45, 2.75) is 12.7 Å². The lowest BCUT2D eigenvalue weighted by molar-refractivity contribution is -0.149. The van der Waals surface area contributed by atoms with E-state index in [-0.39, 0.29) is 11.3 Å². The van der Waals surface area contributed by atoms with Crippen LogP contribution in [0.15, 0.2) is 47.4 Å². The van der Waals surface area contributed by atoms with E-state index in [0.717, 1.165) is 0 Å². The summed E-state index contributed by atoms with van der Waals surface area (Å²) in [4.78, 5) is 47.1. The van der Waals surface area contributed by atoms with Crippen molar-refractivity contribution in [3.8, 4) is 5.75 Å². The Morgan fingerprint density at radius 2 is 1.79 bits per heavy atom. The van der Waals surface area contributed by atoms with Gasteiger partial charge in [-0.1, -0.05) is 12.1 Å². The second-order valence-corrected chi connectivity index (χ2v) is 5.62. The number of carbonyl (C=O) groups excluding carboxylic acids is 3. The zero-order chi connectivity index (χ0) is 21.6. The molecule has 29 heavy (non-hydrogen) atoms. The van der Waals surface area contributed by atoms with Gasteiger partial charge in [0.05, 0.1) is 18.2 Å². The molecule has 0 aliphatic carbocycles. The van der Waals surface area contributed by atoms with Crippen LogP contribution in [0.1, 0.15) is 15.9 Å². The van der Waals surface area contributed by atoms with Gasteiger partial charge in [-0.15, -0.1) is 0 Å². The molecule has 2 amide bonds. The molecule has 2 aromatic rings. The molecule has 0 saturated carbocycles. The Bertz CT molecular complexity index is 984. The molecule has 8 nitrogen and oxygen atoms in total. The number of methoxy groups -OCH3 is 1. The molecule has 0 spiro atoms. The summed E-state index contributed by atoms with van der Waals surface area (Å²) < 4.78 is 48.1. The molecule has 1 aromatic heterocycles. The largest absolute Gasteiger partial charge is 0.496 e. The number of nitrogens with zero attached hydrogens (tertiary/aromatic N) is 1. The van der Waals surface area contributed by atoms with E-state index in [2.05, 4.69) is 4.74 Å². The van der Waals surface area contributed by atoms with E-state index >= 15 is 0 Å². The molecular formula is C18H15F3N2O6. The van der Waals surface area contributed by atoms with Crippen LogP contribution in [0.25, 0.3) is 0 Å². The first-order chi connectivity index (χ1) is 13.6. The second kappa shape index (κ2) is 9.04. The zero-order valence-corrected chi connectivity index (χ0v) is 15.0. The first-order valence-corrected chi connectivity index (χ1v) is 8.02. The number of benzene rings is 1. The molecule has 0 radical (unpaired) electrons. The molecule has 1 heterocycles. The van der Waals surface area contributed by atoms with Gasteiger partial charge in [-0.05, 0) is 18.2 Å². The van der Waals surface area contributed by atoms with Gasteiger partial charge in [-0.25, -0.2) is 0 Å². The van der Waals surface area contributed by atoms with Crippen LogP contribution in [-0.2, 0) is 27.0 Å². The molecule has 1 aromatic carbocycles. The summed E-state index contributed by atoms with van der Waals surface area (Å²) in [5, 5.41) is 1.98. The minimum atomic E-state index is -4.70. The van der Waals surface area contributed by atoms with Crippen LogP contribution in [0.5, 0.6) is 5.75 Å². The van der Waals surface area contributed by atoms with Gasteiger partial charge >= 0.3 is 12.1 Å². The van der Waals surface area contributed by atoms with Gasteiger partial charge in [0, 0.05) is 12.3 Å². The fourth-order valence-electron chi connectivity index (χ4n) is 2.22. The van der Waals surface area contributed by atoms with E-state index < -0.39 is 48.2 Å². The lowest BCUT2D eigenvalue weighted by Gasteiger charge is -2.11. The van der Waals surface area contributed by atoms with E-state index in [0.29, 0.717) is 22.9 Å². The summed E-state index contributed by atoms with van der Waals surface area (Å²) in [6.45, 7) is -1.70. The number of alkyl halides is 3. The number of esters is 1. The van der Waals surface area contributed by atoms with Gasteiger partial charge < -0.3 is 14.0 Å². The number of nitrogens with one attached hydrogen (secondary N) is 1. The summed E-state index contributed by atoms with van der Waals surface area (Å²) in [6.07, 6.45) is -4.23. The molecule has 0 unspecified atom stereocenters. The summed E-state index contributed by atoms with van der Waals surface area (Å²) in [7, 11) is 1.34. The summed E-state index contributed by atoms with van der Waals surface area (Å²) in [5.74, 6) is -2.67. The SMILES string of the molecule is COc1ccccc1C(=O)NC(=O)COC(=O)Cn1cc(C(F)(F)F)ccc1=O. The first-order valence-electron chi connectivity index (χ1n) is 8.02. The highest BCUT2D eigenvalue weighted by Gasteiger charge is 2.31. The minimum Gasteiger partial charge on any atom is -0.496 e. The standard InChI is InChI=1S/C18H15F3N2O6/c1-28-13-5-3-2-4-12(13)17(27)22-14(24)10-29-16(26)9-23-8-11(18(19,20)21)6-7-15(23)25/h2-8H,9-10H2,1H3,(H,22,24,27). The number of aromatic nitrogens is 1. The van der Waals surface area contributed by atoms with Crippen molar-refractivity contribution in [1.29, 1.82) is 0 Å². The number of halogens is 3. The third-order valence-electron chi connectivity index (χ3n) is 3.58. The third-order valence-corrected chi connectivity index (χ3v) is 3.58. The average Bonchev–Trinajstić information content (AvgIpc) is 2.67. The van der Waals surface area contributed by atoms with Crippen molar-refractivity contribution in [1.82, 2.24) is 9.88 Å². The van der Waals surface area contributed by atoms with Crippen LogP contribution in [0.3, 0.4) is 0 Å². The maximum absolute atomic E-state index is 12.7. The highest BCUT2D eigenvalue weighted by molar-refractivity contribution is 6.06. The number of ether oxygens (including phenoxy) is 2. The number of imide groups is 1. The normalized spacial score (nSPS) is 10.9. The van der Waals surface area contributed by atoms with Crippen LogP contribution >= 0.6 is 0 Å². The van der Waals surface area contributed by atoms with Crippen LogP contribution in [0.4, 0.5) is 13.2 Å². The Morgan fingerprint density at radius 3 is 2.45 bits per heavy atom. The summed E-state index contributed by atoms with van der Waals surface area (Å²) in [6, 6.07) is 7.33. The summed E-state index contributed by atoms with van der Waals surface area (Å²) in [5.41, 5.74) is -1.90. The number of hydrogen-bond donors (Lipinski definition) is 1. The lowest BCUT2D eigenvalue weighted by Crippen LogP contribution is -2.35. The Hall–Kier alpha value is -3.63. The molecule has 0 atom stereocenters. The molecule has 0 fully saturated rings. The quantitative estimate of drug-likeness (QED) is 0.719. The maximum atomic E-state index is 12.7. The molecule has 11 heteroatoms. The van der Waals surface area contributed by atoms with Crippen molar-refractivity contribution in [2.24, 2.45) is 0 Å². The van der Waals surface area contributed by atoms with Gasteiger partial charge in [0.15, 0.2) is 6.61 Å². The highest BCUT2D eigenvalue weighted by atomic mass is 19.4. The number of amides is 2. The van der Waals surface area contributed by atoms with Crippen molar-refractivity contribution >= 4 is 17.8 Å². The molecule has 0 aliphatic rings. The second-order valence-electron chi connectivity index (χ2n) is 5.62. The number of para-hydroxylation sites is 1. The van der Waals surface area contributed by atoms with E-state index in [9.17, 15) is 32.3 Å². The fourth-order valence-corrected chi connectivity index (χ4v) is 2.22. The molecule has 0 bridgehead atoms. The predicted octanol–water partition coefficient (Wildman–Crippen LogP) is 1.38. The number of pyridine rings is 1. The van der Waals surface area contributed by atoms with Crippen molar-refractivity contribution in [3.63, 3.8) is 0 Å². The van der Waals surface area contributed by atoms with Gasteiger partial charge in [0.1, 0.15) is 12.3 Å². The number of carbonyl (C=O) groups is 3. The Labute approximate surface area is 161 Å². The van der Waals surface area contributed by atoms with Gasteiger partial charge in [0.2, 0.25) is 0 Å². The average molecular weight is 412 g/mol.